The number of hydrogen-bond acceptors (Lipinski definition) is 5. The standard InChI is InChI=1S/C22H30N6O2.HI/c1-17-27-19-9-4-5-10-20(19)28(17)13-7-12-25-22(23-2)26-16-18-8-6-11-24-21(18)30-15-14-29-3;/h4-6,8-11H,7,12-16H2,1-3H3,(H2,23,25,26);1H. The number of methoxy groups -OCH3 is 1. The molecule has 3 aromatic rings. The Balaban J connectivity index is 0.00000341. The topological polar surface area (TPSA) is 85.6 Å². The molecule has 0 spiro atoms. The van der Waals surface area contributed by atoms with Gasteiger partial charge in [-0.2, -0.15) is 0 Å². The highest BCUT2D eigenvalue weighted by Gasteiger charge is 2.08. The van der Waals surface area contributed by atoms with Gasteiger partial charge in [-0.1, -0.05) is 18.2 Å². The largest absolute Gasteiger partial charge is 0.475 e. The highest BCUT2D eigenvalue weighted by Crippen LogP contribution is 2.16. The van der Waals surface area contributed by atoms with E-state index in [2.05, 4.69) is 48.4 Å². The minimum Gasteiger partial charge on any atom is -0.475 e. The van der Waals surface area contributed by atoms with Crippen LogP contribution in [0.4, 0.5) is 0 Å². The zero-order valence-electron chi connectivity index (χ0n) is 18.3. The van der Waals surface area contributed by atoms with Crippen LogP contribution in [0.1, 0.15) is 17.8 Å². The highest BCUT2D eigenvalue weighted by atomic mass is 127. The molecule has 0 saturated carbocycles. The van der Waals surface area contributed by atoms with Crippen molar-refractivity contribution < 1.29 is 9.47 Å². The molecule has 168 valence electrons. The predicted octanol–water partition coefficient (Wildman–Crippen LogP) is 3.14. The molecule has 2 heterocycles. The first-order valence-corrected chi connectivity index (χ1v) is 10.1. The van der Waals surface area contributed by atoms with Gasteiger partial charge in [0.25, 0.3) is 0 Å². The van der Waals surface area contributed by atoms with Crippen molar-refractivity contribution in [2.75, 3.05) is 33.9 Å². The van der Waals surface area contributed by atoms with Gasteiger partial charge >= 0.3 is 0 Å². The number of aliphatic imine (C=N–C) groups is 1. The third kappa shape index (κ3) is 7.06. The fourth-order valence-electron chi connectivity index (χ4n) is 3.23. The first-order valence-electron chi connectivity index (χ1n) is 10.1. The van der Waals surface area contributed by atoms with Crippen LogP contribution in [0.5, 0.6) is 5.88 Å². The van der Waals surface area contributed by atoms with Crippen LogP contribution >= 0.6 is 24.0 Å². The van der Waals surface area contributed by atoms with Gasteiger partial charge in [-0.25, -0.2) is 9.97 Å². The van der Waals surface area contributed by atoms with Crippen molar-refractivity contribution in [2.24, 2.45) is 4.99 Å². The zero-order valence-corrected chi connectivity index (χ0v) is 20.6. The third-order valence-corrected chi connectivity index (χ3v) is 4.74. The molecule has 0 aliphatic carbocycles. The predicted molar refractivity (Wildman–Crippen MR) is 134 cm³/mol. The maximum absolute atomic E-state index is 5.68. The normalized spacial score (nSPS) is 11.3. The number of hydrogen-bond donors (Lipinski definition) is 2. The summed E-state index contributed by atoms with van der Waals surface area (Å²) in [4.78, 5) is 13.2. The number of aromatic nitrogens is 3. The number of pyridine rings is 1. The average molecular weight is 538 g/mol. The molecule has 0 amide bonds. The molecule has 31 heavy (non-hydrogen) atoms. The van der Waals surface area contributed by atoms with E-state index in [4.69, 9.17) is 9.47 Å². The Morgan fingerprint density at radius 2 is 1.97 bits per heavy atom. The minimum atomic E-state index is 0. The van der Waals surface area contributed by atoms with E-state index in [1.165, 1.54) is 5.52 Å². The molecule has 0 aliphatic heterocycles. The number of rotatable bonds is 10. The smallest absolute Gasteiger partial charge is 0.218 e. The highest BCUT2D eigenvalue weighted by molar-refractivity contribution is 14.0. The van der Waals surface area contributed by atoms with E-state index >= 15 is 0 Å². The summed E-state index contributed by atoms with van der Waals surface area (Å²) in [5, 5.41) is 6.69. The quantitative estimate of drug-likeness (QED) is 0.179. The molecule has 1 aromatic carbocycles. The molecular formula is C22H31IN6O2. The van der Waals surface area contributed by atoms with Crippen molar-refractivity contribution in [3.63, 3.8) is 0 Å². The summed E-state index contributed by atoms with van der Waals surface area (Å²) in [7, 11) is 3.42. The van der Waals surface area contributed by atoms with E-state index in [-0.39, 0.29) is 24.0 Å². The van der Waals surface area contributed by atoms with Crippen LogP contribution in [0.15, 0.2) is 47.6 Å². The summed E-state index contributed by atoms with van der Waals surface area (Å²) in [6.45, 7) is 5.32. The Morgan fingerprint density at radius 3 is 2.77 bits per heavy atom. The molecule has 0 atom stereocenters. The van der Waals surface area contributed by atoms with E-state index in [0.717, 1.165) is 42.4 Å². The van der Waals surface area contributed by atoms with Crippen LogP contribution in [-0.2, 0) is 17.8 Å². The summed E-state index contributed by atoms with van der Waals surface area (Å²) in [6, 6.07) is 12.1. The van der Waals surface area contributed by atoms with Crippen molar-refractivity contribution in [1.82, 2.24) is 25.2 Å². The SMILES string of the molecule is CN=C(NCCCn1c(C)nc2ccccc21)NCc1cccnc1OCCOC.I. The van der Waals surface area contributed by atoms with E-state index in [1.54, 1.807) is 20.4 Å². The fraction of sp³-hybridized carbons (Fsp3) is 0.409. The van der Waals surface area contributed by atoms with Crippen molar-refractivity contribution in [3.8, 4) is 5.88 Å². The summed E-state index contributed by atoms with van der Waals surface area (Å²) >= 11 is 0. The van der Waals surface area contributed by atoms with E-state index in [0.29, 0.717) is 25.6 Å². The minimum absolute atomic E-state index is 0. The van der Waals surface area contributed by atoms with Gasteiger partial charge in [0.15, 0.2) is 5.96 Å². The Hall–Kier alpha value is -2.40. The number of ether oxygens (including phenoxy) is 2. The van der Waals surface area contributed by atoms with Crippen LogP contribution < -0.4 is 15.4 Å². The van der Waals surface area contributed by atoms with Gasteiger partial charge in [0.1, 0.15) is 12.4 Å². The summed E-state index contributed by atoms with van der Waals surface area (Å²) in [5.74, 6) is 2.39. The van der Waals surface area contributed by atoms with Gasteiger partial charge < -0.3 is 24.7 Å². The number of imidazole rings is 1. The molecule has 0 fully saturated rings. The molecular weight excluding hydrogens is 507 g/mol. The average Bonchev–Trinajstić information content (AvgIpc) is 3.09. The Kier molecular flexibility index (Phi) is 10.5. The molecule has 0 unspecified atom stereocenters. The lowest BCUT2D eigenvalue weighted by atomic mass is 10.2. The Morgan fingerprint density at radius 1 is 1.13 bits per heavy atom. The number of halogens is 1. The molecule has 2 N–H and O–H groups in total. The maximum atomic E-state index is 5.68. The van der Waals surface area contributed by atoms with E-state index in [9.17, 15) is 0 Å². The molecule has 3 rings (SSSR count). The van der Waals surface area contributed by atoms with Crippen LogP contribution in [0.25, 0.3) is 11.0 Å². The van der Waals surface area contributed by atoms with Crippen LogP contribution in [0.2, 0.25) is 0 Å². The number of fused-ring (bicyclic) bond motifs is 1. The molecule has 9 heteroatoms. The Bertz CT molecular complexity index is 976. The monoisotopic (exact) mass is 538 g/mol. The molecule has 0 radical (unpaired) electrons. The first kappa shape index (κ1) is 24.9. The molecule has 2 aromatic heterocycles. The van der Waals surface area contributed by atoms with E-state index < -0.39 is 0 Å². The molecule has 0 bridgehead atoms. The number of para-hydroxylation sites is 2. The second-order valence-electron chi connectivity index (χ2n) is 6.81. The molecule has 0 saturated heterocycles. The number of benzene rings is 1. The number of nitrogens with one attached hydrogen (secondary N) is 2. The van der Waals surface area contributed by atoms with Crippen molar-refractivity contribution in [1.29, 1.82) is 0 Å². The van der Waals surface area contributed by atoms with Crippen molar-refractivity contribution in [3.05, 3.63) is 54.0 Å². The lowest BCUT2D eigenvalue weighted by Gasteiger charge is -2.14. The Labute approximate surface area is 200 Å². The maximum Gasteiger partial charge on any atom is 0.218 e. The second-order valence-corrected chi connectivity index (χ2v) is 6.81. The van der Waals surface area contributed by atoms with Gasteiger partial charge in [0.05, 0.1) is 17.6 Å². The fourth-order valence-corrected chi connectivity index (χ4v) is 3.23. The number of aryl methyl sites for hydroxylation is 2. The van der Waals surface area contributed by atoms with Gasteiger partial charge in [-0.3, -0.25) is 4.99 Å². The van der Waals surface area contributed by atoms with Gasteiger partial charge in [-0.15, -0.1) is 24.0 Å². The lowest BCUT2D eigenvalue weighted by molar-refractivity contribution is 0.143. The van der Waals surface area contributed by atoms with Crippen LogP contribution in [-0.4, -0.2) is 54.4 Å². The van der Waals surface area contributed by atoms with Crippen LogP contribution in [0, 0.1) is 6.92 Å². The lowest BCUT2D eigenvalue weighted by Crippen LogP contribution is -2.37. The first-order chi connectivity index (χ1) is 14.7. The number of nitrogens with zero attached hydrogens (tertiary/aromatic N) is 4. The van der Waals surface area contributed by atoms with E-state index in [1.807, 2.05) is 25.1 Å². The zero-order chi connectivity index (χ0) is 21.2. The van der Waals surface area contributed by atoms with Gasteiger partial charge in [0, 0.05) is 45.6 Å². The molecule has 0 aliphatic rings. The summed E-state index contributed by atoms with van der Waals surface area (Å²) in [5.41, 5.74) is 3.19. The molecule has 8 nitrogen and oxygen atoms in total. The van der Waals surface area contributed by atoms with Gasteiger partial charge in [-0.05, 0) is 31.5 Å². The third-order valence-electron chi connectivity index (χ3n) is 4.74. The van der Waals surface area contributed by atoms with Gasteiger partial charge in [0.2, 0.25) is 5.88 Å². The van der Waals surface area contributed by atoms with Crippen molar-refractivity contribution in [2.45, 2.75) is 26.4 Å². The summed E-state index contributed by atoms with van der Waals surface area (Å²) in [6.07, 6.45) is 2.68. The summed E-state index contributed by atoms with van der Waals surface area (Å²) < 4.78 is 13.0. The number of guanidine groups is 1. The van der Waals surface area contributed by atoms with Crippen molar-refractivity contribution >= 4 is 41.0 Å². The van der Waals surface area contributed by atoms with Crippen LogP contribution in [0.3, 0.4) is 0 Å². The second kappa shape index (κ2) is 13.1.